The van der Waals surface area contributed by atoms with Gasteiger partial charge in [0.25, 0.3) is 23.6 Å². The molecular weight excluding hydrogens is 922 g/mol. The quantitative estimate of drug-likeness (QED) is 0.0939. The molecule has 4 aliphatic heterocycles. The van der Waals surface area contributed by atoms with Gasteiger partial charge in [0.2, 0.25) is 17.8 Å². The van der Waals surface area contributed by atoms with E-state index in [4.69, 9.17) is 18.9 Å². The normalized spacial score (nSPS) is 19.8. The average Bonchev–Trinajstić information content (AvgIpc) is 3.96. The Bertz CT molecular complexity index is 2470. The van der Waals surface area contributed by atoms with Crippen molar-refractivity contribution in [3.05, 3.63) is 59.0 Å². The summed E-state index contributed by atoms with van der Waals surface area (Å²) < 4.78 is 68.2. The highest BCUT2D eigenvalue weighted by molar-refractivity contribution is 6.25. The van der Waals surface area contributed by atoms with Crippen LogP contribution in [0.5, 0.6) is 5.75 Å². The first-order valence-corrected chi connectivity index (χ1v) is 23.5. The summed E-state index contributed by atoms with van der Waals surface area (Å²) in [7, 11) is 2.63. The van der Waals surface area contributed by atoms with Gasteiger partial charge in [-0.3, -0.25) is 39.0 Å². The number of imide groups is 2. The molecule has 3 fully saturated rings. The van der Waals surface area contributed by atoms with Crippen LogP contribution in [0.25, 0.3) is 0 Å². The average molecular weight is 979 g/mol. The fourth-order valence-corrected chi connectivity index (χ4v) is 9.44. The number of alkyl halides is 2. The molecule has 0 bridgehead atoms. The number of anilines is 5. The van der Waals surface area contributed by atoms with E-state index < -0.39 is 59.8 Å². The van der Waals surface area contributed by atoms with Crippen LogP contribution in [0.2, 0.25) is 0 Å². The van der Waals surface area contributed by atoms with Crippen LogP contribution < -0.4 is 35.8 Å². The number of aromatic nitrogens is 2. The number of nitrogens with zero attached hydrogens (tertiary/aromatic N) is 6. The van der Waals surface area contributed by atoms with Crippen molar-refractivity contribution in [2.75, 3.05) is 107 Å². The lowest BCUT2D eigenvalue weighted by Crippen LogP contribution is -2.54. The van der Waals surface area contributed by atoms with Gasteiger partial charge in [-0.25, -0.2) is 9.37 Å². The van der Waals surface area contributed by atoms with Crippen molar-refractivity contribution in [1.82, 2.24) is 30.4 Å². The van der Waals surface area contributed by atoms with Crippen molar-refractivity contribution in [2.45, 2.75) is 75.4 Å². The molecule has 6 amide bonds. The van der Waals surface area contributed by atoms with Crippen LogP contribution in [-0.4, -0.2) is 166 Å². The Labute approximate surface area is 401 Å². The summed E-state index contributed by atoms with van der Waals surface area (Å²) >= 11 is 0. The van der Waals surface area contributed by atoms with Crippen molar-refractivity contribution < 1.29 is 60.9 Å². The van der Waals surface area contributed by atoms with Gasteiger partial charge >= 0.3 is 5.92 Å². The molecule has 1 atom stereocenters. The summed E-state index contributed by atoms with van der Waals surface area (Å²) in [5.74, 6) is -8.39. The number of likely N-dealkylation sites (tertiary alicyclic amines) is 1. The molecule has 2 aromatic carbocycles. The first-order valence-electron chi connectivity index (χ1n) is 23.5. The maximum atomic E-state index is 15.6. The lowest BCUT2D eigenvalue weighted by Gasteiger charge is -2.32. The van der Waals surface area contributed by atoms with Crippen LogP contribution in [0.1, 0.15) is 82.4 Å². The molecular formula is C47H57F3N10O10. The maximum absolute atomic E-state index is 15.6. The summed E-state index contributed by atoms with van der Waals surface area (Å²) in [6.07, 6.45) is 5.80. The molecule has 20 nitrogen and oxygen atoms in total. The molecule has 4 N–H and O–H groups in total. The van der Waals surface area contributed by atoms with Gasteiger partial charge in [0.1, 0.15) is 23.3 Å². The van der Waals surface area contributed by atoms with Crippen LogP contribution >= 0.6 is 0 Å². The Kier molecular flexibility index (Phi) is 15.8. The van der Waals surface area contributed by atoms with Gasteiger partial charge in [-0.15, -0.1) is 0 Å². The van der Waals surface area contributed by atoms with E-state index in [0.717, 1.165) is 28.7 Å². The van der Waals surface area contributed by atoms with Crippen molar-refractivity contribution in [1.29, 1.82) is 0 Å². The van der Waals surface area contributed by atoms with E-state index in [1.807, 2.05) is 0 Å². The molecule has 70 heavy (non-hydrogen) atoms. The highest BCUT2D eigenvalue weighted by Crippen LogP contribution is 2.40. The monoisotopic (exact) mass is 978 g/mol. The second-order valence-corrected chi connectivity index (χ2v) is 17.7. The minimum Gasteiger partial charge on any atom is -0.495 e. The Morgan fingerprint density at radius 2 is 1.61 bits per heavy atom. The third-order valence-electron chi connectivity index (χ3n) is 13.2. The Hall–Kier alpha value is -6.43. The molecule has 1 unspecified atom stereocenters. The van der Waals surface area contributed by atoms with Gasteiger partial charge in [0.05, 0.1) is 81.9 Å². The number of halogens is 3. The minimum atomic E-state index is -3.64. The van der Waals surface area contributed by atoms with Crippen molar-refractivity contribution in [3.8, 4) is 5.75 Å². The van der Waals surface area contributed by atoms with E-state index in [1.54, 1.807) is 12.1 Å². The third kappa shape index (κ3) is 11.1. The number of benzene rings is 2. The Morgan fingerprint density at radius 3 is 2.33 bits per heavy atom. The lowest BCUT2D eigenvalue weighted by molar-refractivity contribution is -0.140. The van der Waals surface area contributed by atoms with Crippen LogP contribution in [0, 0.1) is 5.82 Å². The molecule has 8 rings (SSSR count). The number of hydrogen-bond acceptors (Lipinski definition) is 16. The van der Waals surface area contributed by atoms with Crippen LogP contribution in [0.3, 0.4) is 0 Å². The Morgan fingerprint density at radius 1 is 0.900 bits per heavy atom. The molecule has 23 heteroatoms. The van der Waals surface area contributed by atoms with E-state index in [9.17, 15) is 28.8 Å². The summed E-state index contributed by atoms with van der Waals surface area (Å²) in [4.78, 5) is 90.5. The van der Waals surface area contributed by atoms with Gasteiger partial charge in [0.15, 0.2) is 5.82 Å². The fraction of sp³-hybridized carbons (Fsp3) is 0.532. The topological polar surface area (TPSA) is 226 Å². The Balaban J connectivity index is 0.706. The number of hydrogen-bond donors (Lipinski definition) is 4. The van der Waals surface area contributed by atoms with E-state index in [2.05, 4.69) is 36.1 Å². The van der Waals surface area contributed by atoms with Gasteiger partial charge in [0, 0.05) is 63.5 Å². The molecule has 3 aromatic rings. The molecule has 1 aliphatic carbocycles. The molecule has 0 spiro atoms. The number of carbonyl (C=O) groups excluding carboxylic acids is 6. The maximum Gasteiger partial charge on any atom is 0.342 e. The second-order valence-electron chi connectivity index (χ2n) is 17.7. The summed E-state index contributed by atoms with van der Waals surface area (Å²) in [6.45, 7) is 3.83. The molecule has 2 saturated heterocycles. The zero-order chi connectivity index (χ0) is 49.5. The number of fused-ring (bicyclic) bond motifs is 2. The number of nitrogens with one attached hydrogen (secondary N) is 4. The van der Waals surface area contributed by atoms with Gasteiger partial charge in [-0.05, 0) is 50.3 Å². The van der Waals surface area contributed by atoms with E-state index in [1.165, 1.54) is 37.4 Å². The zero-order valence-corrected chi connectivity index (χ0v) is 39.0. The molecule has 0 radical (unpaired) electrons. The molecule has 1 saturated carbocycles. The number of carbonyl (C=O) groups is 6. The van der Waals surface area contributed by atoms with Crippen LogP contribution in [-0.2, 0) is 28.6 Å². The first kappa shape index (κ1) is 50.0. The van der Waals surface area contributed by atoms with Crippen LogP contribution in [0.4, 0.5) is 42.0 Å². The SMILES string of the molecule is COc1cc(C(=O)NC2CCN(CCOCCOCCOCCNc3cccc4c3C(=O)N(C3CCC(=O)NC3=O)C4=O)CC2)c(F)cc1Nc1ncc2c(n1)N(C1CCCC1)CC(F)(F)C(=O)N2C. The number of ether oxygens (including phenoxy) is 4. The standard InChI is InChI=1S/C47H57F3N10O10/c1-57-36-26-52-46(56-40(36)59(29-6-3-4-7-29)27-47(49,50)45(57)66)54-34-25-32(48)31(24-37(34)67-2)41(62)53-28-12-15-58(16-13-28)17-19-69-21-23-70-22-20-68-18-14-51-33-9-5-8-30-39(33)44(65)60(43(30)64)35-10-11-38(61)55-42(35)63/h5,8-9,24-26,28-29,35,51H,3-4,6-7,10-23,27H2,1-2H3,(H,53,62)(H,52,54,56)(H,55,61,63). The van der Waals surface area contributed by atoms with Crippen molar-refractivity contribution in [2.24, 2.45) is 0 Å². The van der Waals surface area contributed by atoms with Crippen molar-refractivity contribution >= 4 is 64.3 Å². The fourth-order valence-electron chi connectivity index (χ4n) is 9.44. The number of rotatable bonds is 20. The molecule has 5 heterocycles. The van der Waals surface area contributed by atoms with E-state index in [0.29, 0.717) is 97.2 Å². The number of methoxy groups -OCH3 is 1. The molecule has 5 aliphatic rings. The second kappa shape index (κ2) is 22.1. The summed E-state index contributed by atoms with van der Waals surface area (Å²) in [6, 6.07) is 5.79. The summed E-state index contributed by atoms with van der Waals surface area (Å²) in [5.41, 5.74) is 0.860. The molecule has 1 aromatic heterocycles. The largest absolute Gasteiger partial charge is 0.495 e. The van der Waals surface area contributed by atoms with Gasteiger partial charge in [-0.2, -0.15) is 13.8 Å². The highest BCUT2D eigenvalue weighted by Gasteiger charge is 2.49. The predicted octanol–water partition coefficient (Wildman–Crippen LogP) is 3.49. The zero-order valence-electron chi connectivity index (χ0n) is 39.0. The highest BCUT2D eigenvalue weighted by atomic mass is 19.3. The number of amides is 6. The predicted molar refractivity (Wildman–Crippen MR) is 247 cm³/mol. The third-order valence-corrected chi connectivity index (χ3v) is 13.2. The smallest absolute Gasteiger partial charge is 0.342 e. The van der Waals surface area contributed by atoms with E-state index >= 15 is 13.2 Å². The van der Waals surface area contributed by atoms with E-state index in [-0.39, 0.29) is 70.5 Å². The number of piperidine rings is 2. The van der Waals surface area contributed by atoms with Crippen molar-refractivity contribution in [3.63, 3.8) is 0 Å². The lowest BCUT2D eigenvalue weighted by atomic mass is 10.0. The first-order chi connectivity index (χ1) is 33.7. The minimum absolute atomic E-state index is 0.0300. The van der Waals surface area contributed by atoms with Crippen LogP contribution in [0.15, 0.2) is 36.5 Å². The molecule has 376 valence electrons. The summed E-state index contributed by atoms with van der Waals surface area (Å²) in [5, 5.41) is 11.2. The van der Waals surface area contributed by atoms with Gasteiger partial charge < -0.3 is 49.6 Å². The van der Waals surface area contributed by atoms with Gasteiger partial charge in [-0.1, -0.05) is 18.9 Å².